The molecule has 0 bridgehead atoms. The summed E-state index contributed by atoms with van der Waals surface area (Å²) >= 11 is 5.80. The largest absolute Gasteiger partial charge is 0.508 e. The number of hydrogen-bond donors (Lipinski definition) is 3. The zero-order chi connectivity index (χ0) is 15.1. The maximum absolute atomic E-state index is 11.6. The molecule has 0 aliphatic rings. The monoisotopic (exact) mass is 304 g/mol. The number of carbonyl (C=O) groups excluding carboxylic acids is 1. The molecule has 0 radical (unpaired) electrons. The Labute approximate surface area is 128 Å². The summed E-state index contributed by atoms with van der Waals surface area (Å²) in [6, 6.07) is 14.1. The Kier molecular flexibility index (Phi) is 5.46. The topological polar surface area (TPSA) is 61.4 Å². The van der Waals surface area contributed by atoms with Crippen LogP contribution in [0.4, 0.5) is 4.79 Å². The second-order valence-electron chi connectivity index (χ2n) is 4.65. The van der Waals surface area contributed by atoms with Gasteiger partial charge in [0.05, 0.1) is 0 Å². The number of rotatable bonds is 5. The summed E-state index contributed by atoms with van der Waals surface area (Å²) in [5.41, 5.74) is 2.05. The zero-order valence-corrected chi connectivity index (χ0v) is 12.2. The first kappa shape index (κ1) is 15.2. The molecule has 110 valence electrons. The molecule has 0 spiro atoms. The van der Waals surface area contributed by atoms with Crippen LogP contribution in [0.2, 0.25) is 5.02 Å². The highest BCUT2D eigenvalue weighted by Crippen LogP contribution is 2.10. The van der Waals surface area contributed by atoms with E-state index in [1.54, 1.807) is 24.3 Å². The second kappa shape index (κ2) is 7.55. The highest BCUT2D eigenvalue weighted by Gasteiger charge is 2.00. The third kappa shape index (κ3) is 5.36. The van der Waals surface area contributed by atoms with Gasteiger partial charge >= 0.3 is 6.03 Å². The average Bonchev–Trinajstić information content (AvgIpc) is 2.49. The number of halogens is 1. The number of benzene rings is 2. The lowest BCUT2D eigenvalue weighted by molar-refractivity contribution is 0.240. The van der Waals surface area contributed by atoms with Gasteiger partial charge in [-0.1, -0.05) is 35.9 Å². The number of nitrogens with one attached hydrogen (secondary N) is 2. The maximum atomic E-state index is 11.6. The normalized spacial score (nSPS) is 10.1. The molecule has 2 rings (SSSR count). The van der Waals surface area contributed by atoms with Crippen molar-refractivity contribution in [2.24, 2.45) is 0 Å². The van der Waals surface area contributed by atoms with Crippen molar-refractivity contribution in [1.82, 2.24) is 10.6 Å². The number of aromatic hydroxyl groups is 1. The molecule has 0 aliphatic carbocycles. The fourth-order valence-corrected chi connectivity index (χ4v) is 1.96. The molecule has 21 heavy (non-hydrogen) atoms. The van der Waals surface area contributed by atoms with E-state index in [4.69, 9.17) is 11.6 Å². The number of phenols is 1. The van der Waals surface area contributed by atoms with E-state index >= 15 is 0 Å². The molecule has 0 heterocycles. The lowest BCUT2D eigenvalue weighted by atomic mass is 10.1. The molecule has 0 aromatic heterocycles. The third-order valence-electron chi connectivity index (χ3n) is 3.00. The Bertz CT molecular complexity index is 582. The van der Waals surface area contributed by atoms with Gasteiger partial charge in [-0.25, -0.2) is 4.79 Å². The van der Waals surface area contributed by atoms with Gasteiger partial charge in [0.2, 0.25) is 0 Å². The van der Waals surface area contributed by atoms with Gasteiger partial charge in [0, 0.05) is 18.1 Å². The van der Waals surface area contributed by atoms with Crippen LogP contribution in [0.1, 0.15) is 11.1 Å². The predicted molar refractivity (Wildman–Crippen MR) is 83.5 cm³/mol. The number of carbonyl (C=O) groups is 1. The minimum atomic E-state index is -0.205. The summed E-state index contributed by atoms with van der Waals surface area (Å²) in [6.07, 6.45) is 0.717. The van der Waals surface area contributed by atoms with Crippen molar-refractivity contribution in [2.45, 2.75) is 13.0 Å². The minimum absolute atomic E-state index is 0.205. The molecule has 2 aromatic carbocycles. The molecular formula is C16H17ClN2O2. The molecule has 5 heteroatoms. The van der Waals surface area contributed by atoms with Crippen molar-refractivity contribution in [3.05, 3.63) is 64.7 Å². The summed E-state index contributed by atoms with van der Waals surface area (Å²) in [6.45, 7) is 0.999. The fourth-order valence-electron chi connectivity index (χ4n) is 1.83. The average molecular weight is 305 g/mol. The van der Waals surface area contributed by atoms with E-state index in [-0.39, 0.29) is 11.8 Å². The van der Waals surface area contributed by atoms with Crippen LogP contribution < -0.4 is 10.6 Å². The first-order chi connectivity index (χ1) is 10.1. The van der Waals surface area contributed by atoms with Gasteiger partial charge < -0.3 is 15.7 Å². The van der Waals surface area contributed by atoms with Gasteiger partial charge in [0.25, 0.3) is 0 Å². The molecule has 2 aromatic rings. The van der Waals surface area contributed by atoms with E-state index in [1.807, 2.05) is 24.3 Å². The smallest absolute Gasteiger partial charge is 0.315 e. The highest BCUT2D eigenvalue weighted by atomic mass is 35.5. The highest BCUT2D eigenvalue weighted by molar-refractivity contribution is 6.30. The molecule has 0 saturated heterocycles. The maximum Gasteiger partial charge on any atom is 0.315 e. The summed E-state index contributed by atoms with van der Waals surface area (Å²) in [5.74, 6) is 0.243. The van der Waals surface area contributed by atoms with Crippen molar-refractivity contribution < 1.29 is 9.90 Å². The van der Waals surface area contributed by atoms with Gasteiger partial charge in [-0.15, -0.1) is 0 Å². The first-order valence-electron chi connectivity index (χ1n) is 6.67. The Balaban J connectivity index is 1.67. The standard InChI is InChI=1S/C16H17ClN2O2/c17-14-5-1-13(2-6-14)11-19-16(21)18-10-9-12-3-7-15(20)8-4-12/h1-8,20H,9-11H2,(H2,18,19,21). The van der Waals surface area contributed by atoms with Crippen LogP contribution in [0.25, 0.3) is 0 Å². The van der Waals surface area contributed by atoms with E-state index in [0.29, 0.717) is 24.5 Å². The van der Waals surface area contributed by atoms with Crippen LogP contribution in [-0.2, 0) is 13.0 Å². The van der Waals surface area contributed by atoms with Crippen molar-refractivity contribution in [3.8, 4) is 5.75 Å². The molecule has 0 saturated carbocycles. The third-order valence-corrected chi connectivity index (χ3v) is 3.25. The molecule has 4 nitrogen and oxygen atoms in total. The summed E-state index contributed by atoms with van der Waals surface area (Å²) < 4.78 is 0. The van der Waals surface area contributed by atoms with Crippen LogP contribution in [0, 0.1) is 0 Å². The Morgan fingerprint density at radius 3 is 2.24 bits per heavy atom. The zero-order valence-electron chi connectivity index (χ0n) is 11.5. The van der Waals surface area contributed by atoms with E-state index < -0.39 is 0 Å². The Hall–Kier alpha value is -2.20. The number of urea groups is 1. The van der Waals surface area contributed by atoms with Crippen LogP contribution in [0.5, 0.6) is 5.75 Å². The summed E-state index contributed by atoms with van der Waals surface area (Å²) in [4.78, 5) is 11.6. The van der Waals surface area contributed by atoms with Crippen LogP contribution >= 0.6 is 11.6 Å². The predicted octanol–water partition coefficient (Wildman–Crippen LogP) is 3.09. The summed E-state index contributed by atoms with van der Waals surface area (Å²) in [5, 5.41) is 15.4. The molecular weight excluding hydrogens is 288 g/mol. The van der Waals surface area contributed by atoms with Gasteiger partial charge in [-0.2, -0.15) is 0 Å². The molecule has 0 fully saturated rings. The number of phenolic OH excluding ortho intramolecular Hbond substituents is 1. The first-order valence-corrected chi connectivity index (χ1v) is 7.05. The van der Waals surface area contributed by atoms with E-state index in [1.165, 1.54) is 0 Å². The van der Waals surface area contributed by atoms with Crippen molar-refractivity contribution in [1.29, 1.82) is 0 Å². The minimum Gasteiger partial charge on any atom is -0.508 e. The SMILES string of the molecule is O=C(NCCc1ccc(O)cc1)NCc1ccc(Cl)cc1. The number of amides is 2. The molecule has 0 atom stereocenters. The Morgan fingerprint density at radius 1 is 0.952 bits per heavy atom. The quantitative estimate of drug-likeness (QED) is 0.795. The number of hydrogen-bond acceptors (Lipinski definition) is 2. The molecule has 3 N–H and O–H groups in total. The van der Waals surface area contributed by atoms with Crippen molar-refractivity contribution in [3.63, 3.8) is 0 Å². The van der Waals surface area contributed by atoms with Crippen LogP contribution in [0.15, 0.2) is 48.5 Å². The molecule has 2 amide bonds. The van der Waals surface area contributed by atoms with Gasteiger partial charge in [0.1, 0.15) is 5.75 Å². The van der Waals surface area contributed by atoms with E-state index in [9.17, 15) is 9.90 Å². The lowest BCUT2D eigenvalue weighted by Crippen LogP contribution is -2.36. The van der Waals surface area contributed by atoms with Crippen LogP contribution in [0.3, 0.4) is 0 Å². The summed E-state index contributed by atoms with van der Waals surface area (Å²) in [7, 11) is 0. The van der Waals surface area contributed by atoms with Gasteiger partial charge in [0.15, 0.2) is 0 Å². The van der Waals surface area contributed by atoms with E-state index in [2.05, 4.69) is 10.6 Å². The van der Waals surface area contributed by atoms with Gasteiger partial charge in [-0.3, -0.25) is 0 Å². The van der Waals surface area contributed by atoms with Crippen molar-refractivity contribution >= 4 is 17.6 Å². The Morgan fingerprint density at radius 2 is 1.57 bits per heavy atom. The van der Waals surface area contributed by atoms with E-state index in [0.717, 1.165) is 11.1 Å². The fraction of sp³-hybridized carbons (Fsp3) is 0.188. The lowest BCUT2D eigenvalue weighted by Gasteiger charge is -2.08. The molecule has 0 aliphatic heterocycles. The van der Waals surface area contributed by atoms with Crippen LogP contribution in [-0.4, -0.2) is 17.7 Å². The molecule has 0 unspecified atom stereocenters. The second-order valence-corrected chi connectivity index (χ2v) is 5.09. The van der Waals surface area contributed by atoms with Gasteiger partial charge in [-0.05, 0) is 41.8 Å². The van der Waals surface area contributed by atoms with Crippen molar-refractivity contribution in [2.75, 3.05) is 6.54 Å².